The Hall–Kier alpha value is -2.69. The first kappa shape index (κ1) is 20.6. The lowest BCUT2D eigenvalue weighted by molar-refractivity contribution is 0.0714. The maximum Gasteiger partial charge on any atom is 0.255 e. The third kappa shape index (κ3) is 6.20. The van der Waals surface area contributed by atoms with Gasteiger partial charge in [-0.1, -0.05) is 33.8 Å². The second-order valence-corrected chi connectivity index (χ2v) is 7.54. The molecule has 0 radical (unpaired) electrons. The molecule has 0 aliphatic rings. The molecule has 0 unspecified atom stereocenters. The van der Waals surface area contributed by atoms with E-state index in [-0.39, 0.29) is 11.8 Å². The van der Waals surface area contributed by atoms with Crippen molar-refractivity contribution in [3.05, 3.63) is 65.5 Å². The molecule has 1 N–H and O–H groups in total. The van der Waals surface area contributed by atoms with Crippen LogP contribution in [-0.2, 0) is 0 Å². The minimum absolute atomic E-state index is 0.0329. The van der Waals surface area contributed by atoms with E-state index < -0.39 is 5.82 Å². The first-order chi connectivity index (χ1) is 12.8. The molecule has 4 nitrogen and oxygen atoms in total. The summed E-state index contributed by atoms with van der Waals surface area (Å²) >= 11 is 0. The molecular weight excluding hydrogens is 343 g/mol. The van der Waals surface area contributed by atoms with Gasteiger partial charge in [-0.05, 0) is 54.3 Å². The Kier molecular flexibility index (Phi) is 7.11. The molecule has 0 atom stereocenters. The van der Waals surface area contributed by atoms with E-state index in [4.69, 9.17) is 0 Å². The van der Waals surface area contributed by atoms with E-state index in [1.165, 1.54) is 18.2 Å². The zero-order valence-electron chi connectivity index (χ0n) is 16.3. The Labute approximate surface area is 160 Å². The number of hydrogen-bond acceptors (Lipinski definition) is 2. The van der Waals surface area contributed by atoms with Crippen molar-refractivity contribution in [3.8, 4) is 0 Å². The highest BCUT2D eigenvalue weighted by Gasteiger charge is 2.18. The average molecular weight is 370 g/mol. The predicted octanol–water partition coefficient (Wildman–Crippen LogP) is 4.83. The number of benzene rings is 2. The minimum Gasteiger partial charge on any atom is -0.338 e. The number of anilines is 1. The van der Waals surface area contributed by atoms with Crippen LogP contribution in [0.2, 0.25) is 0 Å². The van der Waals surface area contributed by atoms with Crippen LogP contribution in [0.5, 0.6) is 0 Å². The molecule has 0 saturated heterocycles. The van der Waals surface area contributed by atoms with Gasteiger partial charge in [-0.3, -0.25) is 9.59 Å². The summed E-state index contributed by atoms with van der Waals surface area (Å²) in [6, 6.07) is 12.3. The second-order valence-electron chi connectivity index (χ2n) is 7.54. The van der Waals surface area contributed by atoms with Crippen molar-refractivity contribution in [2.45, 2.75) is 27.7 Å². The first-order valence-electron chi connectivity index (χ1n) is 9.22. The molecule has 27 heavy (non-hydrogen) atoms. The summed E-state index contributed by atoms with van der Waals surface area (Å²) in [6.45, 7) is 9.72. The molecule has 0 aromatic heterocycles. The molecule has 0 saturated carbocycles. The van der Waals surface area contributed by atoms with E-state index in [1.807, 2.05) is 4.90 Å². The van der Waals surface area contributed by atoms with Crippen LogP contribution in [0.3, 0.4) is 0 Å². The van der Waals surface area contributed by atoms with Gasteiger partial charge < -0.3 is 10.2 Å². The van der Waals surface area contributed by atoms with E-state index in [1.54, 1.807) is 30.3 Å². The molecule has 2 aromatic rings. The Morgan fingerprint density at radius 3 is 2.00 bits per heavy atom. The van der Waals surface area contributed by atoms with Crippen molar-refractivity contribution in [3.63, 3.8) is 0 Å². The predicted molar refractivity (Wildman–Crippen MR) is 106 cm³/mol. The number of nitrogens with one attached hydrogen (secondary N) is 1. The van der Waals surface area contributed by atoms with E-state index in [2.05, 4.69) is 33.0 Å². The summed E-state index contributed by atoms with van der Waals surface area (Å²) in [5.41, 5.74) is 1.36. The summed E-state index contributed by atoms with van der Waals surface area (Å²) in [5.74, 6) is -0.0347. The van der Waals surface area contributed by atoms with Crippen LogP contribution in [-0.4, -0.2) is 29.8 Å². The third-order valence-electron chi connectivity index (χ3n) is 3.93. The largest absolute Gasteiger partial charge is 0.338 e. The van der Waals surface area contributed by atoms with Crippen LogP contribution in [0.4, 0.5) is 10.1 Å². The number of carbonyl (C=O) groups excluding carboxylic acids is 2. The Morgan fingerprint density at radius 2 is 1.48 bits per heavy atom. The van der Waals surface area contributed by atoms with Gasteiger partial charge in [-0.15, -0.1) is 0 Å². The van der Waals surface area contributed by atoms with Crippen molar-refractivity contribution in [2.24, 2.45) is 11.8 Å². The van der Waals surface area contributed by atoms with E-state index in [0.29, 0.717) is 41.7 Å². The molecule has 2 rings (SSSR count). The fourth-order valence-corrected chi connectivity index (χ4v) is 2.84. The van der Waals surface area contributed by atoms with E-state index >= 15 is 0 Å². The standard InChI is InChI=1S/C22H27FN2O2/c1-15(2)13-25(14-16(3)4)22(27)18-10-8-17(9-11-18)21(26)24-20-7-5-6-19(23)12-20/h5-12,15-16H,13-14H2,1-4H3,(H,24,26). The second kappa shape index (κ2) is 9.31. The van der Waals surface area contributed by atoms with Crippen molar-refractivity contribution in [2.75, 3.05) is 18.4 Å². The van der Waals surface area contributed by atoms with Crippen molar-refractivity contribution in [1.29, 1.82) is 0 Å². The summed E-state index contributed by atoms with van der Waals surface area (Å²) in [7, 11) is 0. The number of rotatable bonds is 7. The first-order valence-corrected chi connectivity index (χ1v) is 9.22. The monoisotopic (exact) mass is 370 g/mol. The topological polar surface area (TPSA) is 49.4 Å². The van der Waals surface area contributed by atoms with Crippen LogP contribution in [0, 0.1) is 17.7 Å². The van der Waals surface area contributed by atoms with Crippen LogP contribution in [0.25, 0.3) is 0 Å². The maximum absolute atomic E-state index is 13.2. The van der Waals surface area contributed by atoms with Gasteiger partial charge in [-0.25, -0.2) is 4.39 Å². The average Bonchev–Trinajstić information content (AvgIpc) is 2.60. The number of halogens is 1. The van der Waals surface area contributed by atoms with Crippen LogP contribution in [0.15, 0.2) is 48.5 Å². The highest BCUT2D eigenvalue weighted by Crippen LogP contribution is 2.14. The fraction of sp³-hybridized carbons (Fsp3) is 0.364. The van der Waals surface area contributed by atoms with E-state index in [9.17, 15) is 14.0 Å². The van der Waals surface area contributed by atoms with Gasteiger partial charge in [0.25, 0.3) is 11.8 Å². The van der Waals surface area contributed by atoms with Crippen molar-refractivity contribution in [1.82, 2.24) is 4.90 Å². The van der Waals surface area contributed by atoms with Gasteiger partial charge in [-0.2, -0.15) is 0 Å². The van der Waals surface area contributed by atoms with Crippen molar-refractivity contribution < 1.29 is 14.0 Å². The summed E-state index contributed by atoms with van der Waals surface area (Å²) < 4.78 is 13.2. The minimum atomic E-state index is -0.413. The van der Waals surface area contributed by atoms with Gasteiger partial charge in [0.1, 0.15) is 5.82 Å². The lowest BCUT2D eigenvalue weighted by Gasteiger charge is -2.26. The van der Waals surface area contributed by atoms with Crippen LogP contribution in [0.1, 0.15) is 48.4 Å². The molecule has 0 spiro atoms. The molecule has 144 valence electrons. The third-order valence-corrected chi connectivity index (χ3v) is 3.93. The van der Waals surface area contributed by atoms with Gasteiger partial charge in [0.2, 0.25) is 0 Å². The molecule has 2 amide bonds. The molecule has 0 fully saturated rings. The van der Waals surface area contributed by atoms with Crippen molar-refractivity contribution >= 4 is 17.5 Å². The molecule has 5 heteroatoms. The fourth-order valence-electron chi connectivity index (χ4n) is 2.84. The lowest BCUT2D eigenvalue weighted by Crippen LogP contribution is -2.37. The Morgan fingerprint density at radius 1 is 0.926 bits per heavy atom. The molecule has 0 heterocycles. The number of hydrogen-bond donors (Lipinski definition) is 1. The van der Waals surface area contributed by atoms with Gasteiger partial charge in [0, 0.05) is 29.9 Å². The molecule has 0 aliphatic heterocycles. The zero-order chi connectivity index (χ0) is 20.0. The Balaban J connectivity index is 2.10. The number of amides is 2. The highest BCUT2D eigenvalue weighted by molar-refractivity contribution is 6.05. The van der Waals surface area contributed by atoms with Gasteiger partial charge in [0.05, 0.1) is 0 Å². The Bertz CT molecular complexity index is 775. The highest BCUT2D eigenvalue weighted by atomic mass is 19.1. The van der Waals surface area contributed by atoms with Gasteiger partial charge in [0.15, 0.2) is 0 Å². The van der Waals surface area contributed by atoms with Crippen LogP contribution < -0.4 is 5.32 Å². The van der Waals surface area contributed by atoms with Crippen LogP contribution >= 0.6 is 0 Å². The number of carbonyl (C=O) groups is 2. The molecule has 2 aromatic carbocycles. The maximum atomic E-state index is 13.2. The summed E-state index contributed by atoms with van der Waals surface area (Å²) in [4.78, 5) is 27.0. The quantitative estimate of drug-likeness (QED) is 0.759. The normalized spacial score (nSPS) is 10.9. The number of nitrogens with zero attached hydrogens (tertiary/aromatic N) is 1. The van der Waals surface area contributed by atoms with E-state index in [0.717, 1.165) is 0 Å². The summed E-state index contributed by atoms with van der Waals surface area (Å²) in [5, 5.41) is 2.65. The SMILES string of the molecule is CC(C)CN(CC(C)C)C(=O)c1ccc(C(=O)Nc2cccc(F)c2)cc1. The zero-order valence-corrected chi connectivity index (χ0v) is 16.3. The van der Waals surface area contributed by atoms with Gasteiger partial charge >= 0.3 is 0 Å². The molecule has 0 aliphatic carbocycles. The smallest absolute Gasteiger partial charge is 0.255 e. The molecule has 0 bridgehead atoms. The summed E-state index contributed by atoms with van der Waals surface area (Å²) in [6.07, 6.45) is 0. The molecular formula is C22H27FN2O2. The lowest BCUT2D eigenvalue weighted by atomic mass is 10.1.